The summed E-state index contributed by atoms with van der Waals surface area (Å²) in [7, 11) is -9.90. The van der Waals surface area contributed by atoms with Gasteiger partial charge in [0.15, 0.2) is 12.2 Å². The molecular formula is C68H132O17P2. The van der Waals surface area contributed by atoms with E-state index < -0.39 is 97.5 Å². The summed E-state index contributed by atoms with van der Waals surface area (Å²) in [5, 5.41) is 10.6. The van der Waals surface area contributed by atoms with E-state index in [1.165, 1.54) is 128 Å². The van der Waals surface area contributed by atoms with Crippen LogP contribution in [0.2, 0.25) is 0 Å². The largest absolute Gasteiger partial charge is 0.472 e. The molecule has 0 radical (unpaired) electrons. The molecule has 516 valence electrons. The van der Waals surface area contributed by atoms with Gasteiger partial charge in [0.05, 0.1) is 26.4 Å². The first-order valence-electron chi connectivity index (χ1n) is 35.3. The maximum atomic E-state index is 13.0. The van der Waals surface area contributed by atoms with Crippen molar-refractivity contribution in [2.45, 2.75) is 350 Å². The zero-order valence-electron chi connectivity index (χ0n) is 56.6. The van der Waals surface area contributed by atoms with E-state index in [2.05, 4.69) is 55.4 Å². The first-order chi connectivity index (χ1) is 41.7. The van der Waals surface area contributed by atoms with Crippen LogP contribution in [-0.4, -0.2) is 96.7 Å². The van der Waals surface area contributed by atoms with Crippen LogP contribution >= 0.6 is 15.6 Å². The first kappa shape index (κ1) is 85.1. The molecule has 19 heteroatoms. The van der Waals surface area contributed by atoms with E-state index in [9.17, 15) is 43.2 Å². The maximum Gasteiger partial charge on any atom is 0.472 e. The van der Waals surface area contributed by atoms with Crippen LogP contribution in [0.25, 0.3) is 0 Å². The van der Waals surface area contributed by atoms with E-state index in [0.29, 0.717) is 31.6 Å². The fourth-order valence-corrected chi connectivity index (χ4v) is 11.7. The SMILES string of the molecule is CCC(C)CCCCCCCCCCCCC(=O)OC[C@H](COP(=O)(O)OC[C@@H](O)COP(=O)(O)OC[C@@H](COC(=O)CCCCCCCCC(C)CC)OC(=O)CCCCCCCCCCCCC(C)C)OC(=O)CCCCCCCCCC(C)C. The van der Waals surface area contributed by atoms with Gasteiger partial charge in [0.2, 0.25) is 0 Å². The van der Waals surface area contributed by atoms with Crippen molar-refractivity contribution in [3.05, 3.63) is 0 Å². The highest BCUT2D eigenvalue weighted by molar-refractivity contribution is 7.47. The van der Waals surface area contributed by atoms with Gasteiger partial charge in [0.25, 0.3) is 0 Å². The van der Waals surface area contributed by atoms with Crippen LogP contribution in [0, 0.1) is 23.7 Å². The Hall–Kier alpha value is -1.94. The second-order valence-electron chi connectivity index (χ2n) is 26.0. The summed E-state index contributed by atoms with van der Waals surface area (Å²) in [4.78, 5) is 72.4. The van der Waals surface area contributed by atoms with Gasteiger partial charge in [0.1, 0.15) is 19.3 Å². The molecule has 0 fully saturated rings. The second-order valence-corrected chi connectivity index (χ2v) is 28.9. The van der Waals surface area contributed by atoms with Crippen molar-refractivity contribution in [3.63, 3.8) is 0 Å². The molecule has 0 aromatic carbocycles. The van der Waals surface area contributed by atoms with Gasteiger partial charge in [0, 0.05) is 25.7 Å². The minimum atomic E-state index is -4.95. The highest BCUT2D eigenvalue weighted by Gasteiger charge is 2.30. The molecule has 0 saturated carbocycles. The summed E-state index contributed by atoms with van der Waals surface area (Å²) in [5.41, 5.74) is 0. The topological polar surface area (TPSA) is 237 Å². The lowest BCUT2D eigenvalue weighted by molar-refractivity contribution is -0.161. The average Bonchev–Trinajstić information content (AvgIpc) is 3.49. The van der Waals surface area contributed by atoms with Crippen molar-refractivity contribution < 1.29 is 80.2 Å². The number of hydrogen-bond donors (Lipinski definition) is 3. The number of rotatable bonds is 65. The van der Waals surface area contributed by atoms with Crippen LogP contribution in [0.3, 0.4) is 0 Å². The third-order valence-electron chi connectivity index (χ3n) is 16.3. The molecule has 0 heterocycles. The van der Waals surface area contributed by atoms with Crippen LogP contribution in [0.15, 0.2) is 0 Å². The molecule has 7 atom stereocenters. The lowest BCUT2D eigenvalue weighted by Crippen LogP contribution is -2.30. The van der Waals surface area contributed by atoms with Crippen molar-refractivity contribution in [1.29, 1.82) is 0 Å². The number of aliphatic hydroxyl groups excluding tert-OH is 1. The molecule has 0 amide bonds. The van der Waals surface area contributed by atoms with E-state index >= 15 is 0 Å². The van der Waals surface area contributed by atoms with Crippen molar-refractivity contribution in [1.82, 2.24) is 0 Å². The molecule has 0 saturated heterocycles. The Balaban J connectivity index is 5.25. The summed E-state index contributed by atoms with van der Waals surface area (Å²) >= 11 is 0. The van der Waals surface area contributed by atoms with E-state index in [0.717, 1.165) is 114 Å². The Morgan fingerprint density at radius 2 is 0.552 bits per heavy atom. The van der Waals surface area contributed by atoms with Gasteiger partial charge in [-0.05, 0) is 49.4 Å². The van der Waals surface area contributed by atoms with Crippen LogP contribution in [-0.2, 0) is 65.4 Å². The zero-order valence-corrected chi connectivity index (χ0v) is 58.4. The van der Waals surface area contributed by atoms with E-state index in [1.54, 1.807) is 0 Å². The number of aliphatic hydroxyl groups is 1. The molecule has 0 aliphatic heterocycles. The summed E-state index contributed by atoms with van der Waals surface area (Å²) in [6, 6.07) is 0. The van der Waals surface area contributed by atoms with Gasteiger partial charge >= 0.3 is 39.5 Å². The summed E-state index contributed by atoms with van der Waals surface area (Å²) in [6.45, 7) is 14.0. The number of unbranched alkanes of at least 4 members (excludes halogenated alkanes) is 29. The summed E-state index contributed by atoms with van der Waals surface area (Å²) in [6.07, 6.45) is 39.0. The Morgan fingerprint density at radius 3 is 0.816 bits per heavy atom. The lowest BCUT2D eigenvalue weighted by atomic mass is 9.99. The molecule has 0 aromatic rings. The number of esters is 4. The third kappa shape index (κ3) is 60.1. The van der Waals surface area contributed by atoms with Crippen LogP contribution in [0.1, 0.15) is 331 Å². The quantitative estimate of drug-likeness (QED) is 0.0222. The normalized spacial score (nSPS) is 15.0. The van der Waals surface area contributed by atoms with Crippen LogP contribution in [0.5, 0.6) is 0 Å². The molecule has 0 rings (SSSR count). The molecule has 0 bridgehead atoms. The Bertz CT molecular complexity index is 1730. The van der Waals surface area contributed by atoms with Gasteiger partial charge in [-0.25, -0.2) is 9.13 Å². The Morgan fingerprint density at radius 1 is 0.322 bits per heavy atom. The van der Waals surface area contributed by atoms with Gasteiger partial charge < -0.3 is 33.8 Å². The van der Waals surface area contributed by atoms with E-state index in [-0.39, 0.29) is 25.7 Å². The number of phosphoric ester groups is 2. The highest BCUT2D eigenvalue weighted by atomic mass is 31.2. The lowest BCUT2D eigenvalue weighted by Gasteiger charge is -2.21. The Labute approximate surface area is 530 Å². The van der Waals surface area contributed by atoms with Crippen molar-refractivity contribution in [2.24, 2.45) is 23.7 Å². The van der Waals surface area contributed by atoms with Gasteiger partial charge in [-0.2, -0.15) is 0 Å². The van der Waals surface area contributed by atoms with Crippen molar-refractivity contribution in [2.75, 3.05) is 39.6 Å². The number of carbonyl (C=O) groups excluding carboxylic acids is 4. The predicted octanol–water partition coefficient (Wildman–Crippen LogP) is 18.9. The number of phosphoric acid groups is 2. The number of hydrogen-bond acceptors (Lipinski definition) is 15. The fraction of sp³-hybridized carbons (Fsp3) is 0.941. The zero-order chi connectivity index (χ0) is 64.7. The second kappa shape index (κ2) is 57.9. The molecule has 87 heavy (non-hydrogen) atoms. The molecular weight excluding hydrogens is 1150 g/mol. The summed E-state index contributed by atoms with van der Waals surface area (Å²) in [5.74, 6) is 0.853. The molecule has 3 N–H and O–H groups in total. The molecule has 4 unspecified atom stereocenters. The van der Waals surface area contributed by atoms with Crippen LogP contribution in [0.4, 0.5) is 0 Å². The van der Waals surface area contributed by atoms with Crippen molar-refractivity contribution in [3.8, 4) is 0 Å². The highest BCUT2D eigenvalue weighted by Crippen LogP contribution is 2.45. The van der Waals surface area contributed by atoms with E-state index in [4.69, 9.17) is 37.0 Å². The average molecular weight is 1280 g/mol. The molecule has 0 aromatic heterocycles. The minimum absolute atomic E-state index is 0.103. The predicted molar refractivity (Wildman–Crippen MR) is 349 cm³/mol. The first-order valence-corrected chi connectivity index (χ1v) is 38.3. The van der Waals surface area contributed by atoms with Crippen molar-refractivity contribution >= 4 is 39.5 Å². The Kier molecular flexibility index (Phi) is 56.6. The number of carbonyl (C=O) groups is 4. The van der Waals surface area contributed by atoms with E-state index in [1.807, 2.05) is 0 Å². The van der Waals surface area contributed by atoms with Gasteiger partial charge in [-0.1, -0.05) is 280 Å². The molecule has 0 spiro atoms. The van der Waals surface area contributed by atoms with Gasteiger partial charge in [-0.3, -0.25) is 37.3 Å². The van der Waals surface area contributed by atoms with Gasteiger partial charge in [-0.15, -0.1) is 0 Å². The molecule has 17 nitrogen and oxygen atoms in total. The van der Waals surface area contributed by atoms with Crippen LogP contribution < -0.4 is 0 Å². The third-order valence-corrected chi connectivity index (χ3v) is 18.2. The fourth-order valence-electron chi connectivity index (χ4n) is 10.1. The minimum Gasteiger partial charge on any atom is -0.462 e. The standard InChI is InChI=1S/C68H132O17P2/c1-9-60(7)46-38-30-22-16-12-14-17-23-32-40-48-65(70)78-54-63(85-68(73)51-43-35-25-19-21-29-37-45-59(5)6)56-82-86(74,75)80-52-62(69)53-81-87(76,77)83-57-64(55-79-66(71)49-41-33-27-26-31-39-47-61(8)10-2)84-67(72)50-42-34-24-18-13-11-15-20-28-36-44-58(3)4/h58-64,69H,9-57H2,1-8H3,(H,74,75)(H,76,77)/t60?,61?,62-,63-,64-/m1/s1. The molecule has 0 aliphatic carbocycles. The number of ether oxygens (including phenoxy) is 4. The molecule has 0 aliphatic rings. The monoisotopic (exact) mass is 1280 g/mol. The summed E-state index contributed by atoms with van der Waals surface area (Å²) < 4.78 is 68.2. The smallest absolute Gasteiger partial charge is 0.462 e. The maximum absolute atomic E-state index is 13.0.